The van der Waals surface area contributed by atoms with Crippen LogP contribution < -0.4 is 10.6 Å². The van der Waals surface area contributed by atoms with Gasteiger partial charge in [-0.2, -0.15) is 13.2 Å². The van der Waals surface area contributed by atoms with Crippen molar-refractivity contribution in [2.75, 3.05) is 11.9 Å². The Morgan fingerprint density at radius 2 is 1.71 bits per heavy atom. The van der Waals surface area contributed by atoms with Gasteiger partial charge in [0.05, 0.1) is 15.6 Å². The Hall–Kier alpha value is -3.57. The van der Waals surface area contributed by atoms with Gasteiger partial charge in [-0.05, 0) is 67.3 Å². The number of carboxylic acid groups (broad SMARTS) is 1. The second-order valence-corrected chi connectivity index (χ2v) is 10.6. The van der Waals surface area contributed by atoms with E-state index in [2.05, 4.69) is 15.6 Å². The van der Waals surface area contributed by atoms with Gasteiger partial charge in [0.15, 0.2) is 5.69 Å². The molecule has 0 saturated heterocycles. The topological polar surface area (TPSA) is 122 Å². The number of benzene rings is 2. The summed E-state index contributed by atoms with van der Waals surface area (Å²) in [5.41, 5.74) is 0.635. The van der Waals surface area contributed by atoms with E-state index < -0.39 is 41.3 Å². The highest BCUT2D eigenvalue weighted by molar-refractivity contribution is 6.43. The number of nitrogens with zero attached hydrogens (tertiary/aromatic N) is 1. The summed E-state index contributed by atoms with van der Waals surface area (Å²) in [6.07, 6.45) is -1.50. The van der Waals surface area contributed by atoms with Crippen LogP contribution in [-0.2, 0) is 15.8 Å². The predicted octanol–water partition coefficient (Wildman–Crippen LogP) is 7.17. The molecule has 8 nitrogen and oxygen atoms in total. The van der Waals surface area contributed by atoms with E-state index in [-0.39, 0.29) is 40.9 Å². The molecule has 1 aliphatic carbocycles. The van der Waals surface area contributed by atoms with Crippen molar-refractivity contribution < 1.29 is 37.1 Å². The maximum absolute atomic E-state index is 13.6. The lowest BCUT2D eigenvalue weighted by atomic mass is 9.77. The van der Waals surface area contributed by atoms with Crippen LogP contribution in [0.1, 0.15) is 66.3 Å². The van der Waals surface area contributed by atoms with Crippen LogP contribution in [0.5, 0.6) is 0 Å². The molecule has 3 N–H and O–H groups in total. The molecule has 0 spiro atoms. The van der Waals surface area contributed by atoms with Crippen LogP contribution in [0.4, 0.5) is 18.9 Å². The van der Waals surface area contributed by atoms with E-state index in [4.69, 9.17) is 32.7 Å². The van der Waals surface area contributed by atoms with Crippen molar-refractivity contribution in [3.05, 3.63) is 69.5 Å². The van der Waals surface area contributed by atoms with Crippen LogP contribution in [0, 0.1) is 5.92 Å². The summed E-state index contributed by atoms with van der Waals surface area (Å²) in [5.74, 6) is -3.98. The lowest BCUT2D eigenvalue weighted by Crippen LogP contribution is -2.29. The summed E-state index contributed by atoms with van der Waals surface area (Å²) in [6, 6.07) is 11.6. The molecule has 41 heavy (non-hydrogen) atoms. The second-order valence-electron chi connectivity index (χ2n) is 9.79. The van der Waals surface area contributed by atoms with Crippen molar-refractivity contribution in [3.8, 4) is 11.5 Å². The number of nitrogens with one attached hydrogen (secondary N) is 2. The Morgan fingerprint density at radius 1 is 1.02 bits per heavy atom. The number of aromatic nitrogens is 1. The first kappa shape index (κ1) is 30.4. The van der Waals surface area contributed by atoms with Crippen LogP contribution in [0.15, 0.2) is 46.9 Å². The van der Waals surface area contributed by atoms with Crippen LogP contribution in [-0.4, -0.2) is 34.4 Å². The zero-order valence-corrected chi connectivity index (χ0v) is 23.1. The molecule has 2 aromatic carbocycles. The van der Waals surface area contributed by atoms with Gasteiger partial charge >= 0.3 is 12.1 Å². The minimum Gasteiger partial charge on any atom is -0.481 e. The summed E-state index contributed by atoms with van der Waals surface area (Å²) < 4.78 is 45.5. The number of carbonyl (C=O) groups excluding carboxylic acids is 2. The molecule has 0 aliphatic heterocycles. The number of amides is 2. The van der Waals surface area contributed by atoms with Gasteiger partial charge < -0.3 is 20.2 Å². The fraction of sp³-hybridized carbons (Fsp3) is 0.357. The van der Waals surface area contributed by atoms with Crippen LogP contribution in [0.3, 0.4) is 0 Å². The number of alkyl halides is 3. The number of hydrogen-bond donors (Lipinski definition) is 3. The summed E-state index contributed by atoms with van der Waals surface area (Å²) in [7, 11) is 0. The minimum atomic E-state index is -5.01. The third kappa shape index (κ3) is 7.80. The fourth-order valence-corrected chi connectivity index (χ4v) is 5.21. The zero-order chi connectivity index (χ0) is 29.7. The lowest BCUT2D eigenvalue weighted by molar-refractivity contribution is -0.153. The van der Waals surface area contributed by atoms with E-state index in [0.717, 1.165) is 31.2 Å². The fourth-order valence-electron chi connectivity index (χ4n) is 4.83. The van der Waals surface area contributed by atoms with E-state index in [9.17, 15) is 27.6 Å². The van der Waals surface area contributed by atoms with E-state index in [1.165, 1.54) is 18.2 Å². The smallest absolute Gasteiger partial charge is 0.452 e. The van der Waals surface area contributed by atoms with Crippen LogP contribution >= 0.6 is 23.2 Å². The molecular formula is C28H26Cl2F3N3O5. The Labute approximate surface area is 243 Å². The molecule has 1 aromatic heterocycles. The molecule has 1 fully saturated rings. The molecule has 218 valence electrons. The molecule has 2 amide bonds. The first-order valence-electron chi connectivity index (χ1n) is 12.8. The van der Waals surface area contributed by atoms with E-state index in [0.29, 0.717) is 11.6 Å². The summed E-state index contributed by atoms with van der Waals surface area (Å²) in [6.45, 7) is -0.250. The van der Waals surface area contributed by atoms with Crippen molar-refractivity contribution in [1.82, 2.24) is 10.3 Å². The third-order valence-electron chi connectivity index (χ3n) is 6.90. The highest BCUT2D eigenvalue weighted by atomic mass is 35.5. The quantitative estimate of drug-likeness (QED) is 0.236. The Morgan fingerprint density at radius 3 is 2.34 bits per heavy atom. The molecule has 0 atom stereocenters. The molecule has 3 aromatic rings. The van der Waals surface area contributed by atoms with Crippen molar-refractivity contribution in [3.63, 3.8) is 0 Å². The van der Waals surface area contributed by atoms with Crippen LogP contribution in [0.2, 0.25) is 10.0 Å². The lowest BCUT2D eigenvalue weighted by Gasteiger charge is -2.28. The normalized spacial score (nSPS) is 17.2. The summed E-state index contributed by atoms with van der Waals surface area (Å²) >= 11 is 12.0. The van der Waals surface area contributed by atoms with Gasteiger partial charge in [0.25, 0.3) is 5.91 Å². The Bertz CT molecular complexity index is 1420. The first-order valence-corrected chi connectivity index (χ1v) is 13.6. The molecular weight excluding hydrogens is 586 g/mol. The van der Waals surface area contributed by atoms with Gasteiger partial charge in [0.2, 0.25) is 17.6 Å². The number of anilines is 1. The Balaban J connectivity index is 1.31. The van der Waals surface area contributed by atoms with Gasteiger partial charge in [-0.3, -0.25) is 14.4 Å². The number of carbonyl (C=O) groups is 3. The average molecular weight is 612 g/mol. The molecule has 4 rings (SSSR count). The number of rotatable bonds is 9. The Kier molecular flexibility index (Phi) is 9.60. The first-order chi connectivity index (χ1) is 19.4. The maximum Gasteiger partial charge on any atom is 0.452 e. The van der Waals surface area contributed by atoms with Crippen LogP contribution in [0.25, 0.3) is 11.5 Å². The maximum atomic E-state index is 13.6. The molecule has 13 heteroatoms. The minimum absolute atomic E-state index is 0.0139. The van der Waals surface area contributed by atoms with E-state index >= 15 is 0 Å². The summed E-state index contributed by atoms with van der Waals surface area (Å²) in [4.78, 5) is 39.6. The molecule has 0 radical (unpaired) electrons. The monoisotopic (exact) mass is 611 g/mol. The second kappa shape index (κ2) is 12.9. The van der Waals surface area contributed by atoms with Crippen molar-refractivity contribution in [2.24, 2.45) is 5.92 Å². The predicted molar refractivity (Wildman–Crippen MR) is 146 cm³/mol. The summed E-state index contributed by atoms with van der Waals surface area (Å²) in [5, 5.41) is 13.9. The molecule has 0 unspecified atom stereocenters. The number of halogens is 5. The van der Waals surface area contributed by atoms with Gasteiger partial charge in [-0.25, -0.2) is 4.98 Å². The van der Waals surface area contributed by atoms with Gasteiger partial charge in [-0.1, -0.05) is 41.4 Å². The van der Waals surface area contributed by atoms with Gasteiger partial charge in [-0.15, -0.1) is 0 Å². The number of carboxylic acids is 1. The average Bonchev–Trinajstić information content (AvgIpc) is 3.37. The largest absolute Gasteiger partial charge is 0.481 e. The van der Waals surface area contributed by atoms with E-state index in [1.54, 1.807) is 12.1 Å². The van der Waals surface area contributed by atoms with E-state index in [1.807, 2.05) is 12.1 Å². The number of aliphatic carboxylic acids is 1. The molecule has 1 heterocycles. The highest BCUT2D eigenvalue weighted by Gasteiger charge is 2.42. The SMILES string of the molecule is O=C(O)C[C@H]1CC[C@H](c2ccc(NC(=O)CCNC(=O)c3nc(-c4cccc(Cl)c4Cl)oc3C(F)(F)F)cc2)CC1. The molecule has 0 bridgehead atoms. The number of oxazole rings is 1. The molecule has 1 aliphatic rings. The van der Waals surface area contributed by atoms with Crippen molar-refractivity contribution in [1.29, 1.82) is 0 Å². The third-order valence-corrected chi connectivity index (χ3v) is 7.71. The molecule has 1 saturated carbocycles. The van der Waals surface area contributed by atoms with Gasteiger partial charge in [0, 0.05) is 25.1 Å². The highest BCUT2D eigenvalue weighted by Crippen LogP contribution is 2.39. The number of hydrogen-bond acceptors (Lipinski definition) is 5. The van der Waals surface area contributed by atoms with Crippen molar-refractivity contribution >= 4 is 46.7 Å². The van der Waals surface area contributed by atoms with Gasteiger partial charge in [0.1, 0.15) is 0 Å². The zero-order valence-electron chi connectivity index (χ0n) is 21.6. The standard InChI is InChI=1S/C28H26Cl2F3N3O5/c29-20-3-1-2-19(23(20)30)27-36-24(25(41-27)28(31,32)33)26(40)34-13-12-21(37)35-18-10-8-17(9-11-18)16-6-4-15(5-7-16)14-22(38)39/h1-3,8-11,15-16H,4-7,12-14H2,(H,34,40)(H,35,37)(H,38,39)/t15-,16-. The van der Waals surface area contributed by atoms with Crippen molar-refractivity contribution in [2.45, 2.75) is 50.6 Å².